The molecule has 0 aliphatic heterocycles. The molecule has 0 bridgehead atoms. The quantitative estimate of drug-likeness (QED) is 0.692. The molecule has 0 heterocycles. The van der Waals surface area contributed by atoms with Gasteiger partial charge in [0.25, 0.3) is 0 Å². The minimum Gasteiger partial charge on any atom is -0.300 e. The normalized spacial score (nSPS) is 7.67. The van der Waals surface area contributed by atoms with Crippen LogP contribution >= 0.6 is 0 Å². The van der Waals surface area contributed by atoms with E-state index >= 15 is 0 Å². The van der Waals surface area contributed by atoms with Gasteiger partial charge in [-0.2, -0.15) is 0 Å². The van der Waals surface area contributed by atoms with Gasteiger partial charge in [0.15, 0.2) is 0 Å². The molecule has 0 radical (unpaired) electrons. The second-order valence-electron chi connectivity index (χ2n) is 4.63. The Hall–Kier alpha value is -2.22. The van der Waals surface area contributed by atoms with Gasteiger partial charge in [0, 0.05) is 0 Å². The molecule has 2 rings (SSSR count). The van der Waals surface area contributed by atoms with Gasteiger partial charge < -0.3 is 9.59 Å². The lowest BCUT2D eigenvalue weighted by atomic mass is 10.2. The predicted molar refractivity (Wildman–Crippen MR) is 90.3 cm³/mol. The predicted octanol–water partition coefficient (Wildman–Crippen LogP) is 4.87. The molecule has 2 heteroatoms. The Bertz CT molecular complexity index is 415. The molecule has 0 atom stereocenters. The van der Waals surface area contributed by atoms with Crippen LogP contribution in [0.15, 0.2) is 66.7 Å². The van der Waals surface area contributed by atoms with Gasteiger partial charge >= 0.3 is 0 Å². The number of carbonyl (C=O) groups is 2. The molecular formula is C19H26O2. The number of hydrogen-bond acceptors (Lipinski definition) is 2. The first kappa shape index (κ1) is 21.1. The van der Waals surface area contributed by atoms with Gasteiger partial charge in [-0.1, -0.05) is 72.3 Å². The fraction of sp³-hybridized carbons (Fsp3) is 0.263. The largest absolute Gasteiger partial charge is 0.300 e. The van der Waals surface area contributed by atoms with Gasteiger partial charge in [-0.05, 0) is 34.6 Å². The summed E-state index contributed by atoms with van der Waals surface area (Å²) in [5, 5.41) is 0. The summed E-state index contributed by atoms with van der Waals surface area (Å²) in [5.41, 5.74) is 1.32. The van der Waals surface area contributed by atoms with Crippen LogP contribution in [0.5, 0.6) is 0 Å². The summed E-state index contributed by atoms with van der Waals surface area (Å²) in [5.74, 6) is 0.333. The van der Waals surface area contributed by atoms with E-state index in [0.29, 0.717) is 0 Å². The highest BCUT2D eigenvalue weighted by atomic mass is 16.1. The van der Waals surface area contributed by atoms with Crippen LogP contribution in [0.2, 0.25) is 0 Å². The van der Waals surface area contributed by atoms with Crippen molar-refractivity contribution in [2.75, 3.05) is 0 Å². The highest BCUT2D eigenvalue weighted by Crippen LogP contribution is 1.92. The van der Waals surface area contributed by atoms with E-state index in [9.17, 15) is 9.59 Å². The minimum absolute atomic E-state index is 0.167. The molecule has 0 aromatic heterocycles. The average Bonchev–Trinajstić information content (AvgIpc) is 2.41. The highest BCUT2D eigenvalue weighted by Gasteiger charge is 1.72. The SMILES string of the molecule is CC(C)=O.CC(C)=O.Cc1ccccc1.c1ccccc1. The second kappa shape index (κ2) is 15.8. The molecular weight excluding hydrogens is 260 g/mol. The molecule has 0 unspecified atom stereocenters. The molecule has 0 amide bonds. The number of carbonyl (C=O) groups excluding carboxylic acids is 2. The molecule has 2 aromatic rings. The zero-order valence-electron chi connectivity index (χ0n) is 13.7. The molecule has 0 spiro atoms. The van der Waals surface area contributed by atoms with Crippen LogP contribution in [0.3, 0.4) is 0 Å². The van der Waals surface area contributed by atoms with E-state index in [1.807, 2.05) is 54.6 Å². The smallest absolute Gasteiger partial charge is 0.126 e. The number of aryl methyl sites for hydroxylation is 1. The number of rotatable bonds is 0. The van der Waals surface area contributed by atoms with E-state index in [1.54, 1.807) is 0 Å². The summed E-state index contributed by atoms with van der Waals surface area (Å²) in [6.07, 6.45) is 0. The fourth-order valence-electron chi connectivity index (χ4n) is 0.919. The Balaban J connectivity index is 0. The maximum Gasteiger partial charge on any atom is 0.126 e. The molecule has 0 saturated carbocycles. The van der Waals surface area contributed by atoms with Crippen molar-refractivity contribution in [3.8, 4) is 0 Å². The Labute approximate surface area is 128 Å². The van der Waals surface area contributed by atoms with Gasteiger partial charge in [0.2, 0.25) is 0 Å². The van der Waals surface area contributed by atoms with Crippen molar-refractivity contribution in [3.05, 3.63) is 72.3 Å². The topological polar surface area (TPSA) is 34.1 Å². The summed E-state index contributed by atoms with van der Waals surface area (Å²) in [7, 11) is 0. The first-order valence-corrected chi connectivity index (χ1v) is 6.82. The summed E-state index contributed by atoms with van der Waals surface area (Å²) < 4.78 is 0. The molecule has 0 saturated heterocycles. The molecule has 21 heavy (non-hydrogen) atoms. The monoisotopic (exact) mass is 286 g/mol. The van der Waals surface area contributed by atoms with Crippen molar-refractivity contribution >= 4 is 11.6 Å². The maximum absolute atomic E-state index is 9.44. The maximum atomic E-state index is 9.44. The Morgan fingerprint density at radius 3 is 0.905 bits per heavy atom. The van der Waals surface area contributed by atoms with Crippen molar-refractivity contribution in [1.82, 2.24) is 0 Å². The van der Waals surface area contributed by atoms with Crippen LogP contribution in [0, 0.1) is 6.92 Å². The number of hydrogen-bond donors (Lipinski definition) is 0. The van der Waals surface area contributed by atoms with Gasteiger partial charge in [0.1, 0.15) is 11.6 Å². The van der Waals surface area contributed by atoms with Crippen LogP contribution < -0.4 is 0 Å². The lowest BCUT2D eigenvalue weighted by molar-refractivity contribution is -0.115. The van der Waals surface area contributed by atoms with Gasteiger partial charge in [-0.15, -0.1) is 0 Å². The van der Waals surface area contributed by atoms with E-state index in [0.717, 1.165) is 0 Å². The second-order valence-corrected chi connectivity index (χ2v) is 4.63. The molecule has 2 aromatic carbocycles. The van der Waals surface area contributed by atoms with E-state index in [-0.39, 0.29) is 11.6 Å². The molecule has 0 aliphatic carbocycles. The summed E-state index contributed by atoms with van der Waals surface area (Å²) in [6, 6.07) is 22.3. The third-order valence-corrected chi connectivity index (χ3v) is 1.61. The summed E-state index contributed by atoms with van der Waals surface area (Å²) in [4.78, 5) is 18.9. The summed E-state index contributed by atoms with van der Waals surface area (Å²) >= 11 is 0. The Morgan fingerprint density at radius 2 is 0.762 bits per heavy atom. The van der Waals surface area contributed by atoms with Crippen molar-refractivity contribution in [1.29, 1.82) is 0 Å². The zero-order valence-corrected chi connectivity index (χ0v) is 13.7. The molecule has 114 valence electrons. The van der Waals surface area contributed by atoms with E-state index in [4.69, 9.17) is 0 Å². The van der Waals surface area contributed by atoms with Gasteiger partial charge in [-0.3, -0.25) is 0 Å². The number of benzene rings is 2. The number of Topliss-reactive ketones (excluding diaryl/α,β-unsaturated/α-hetero) is 2. The molecule has 0 fully saturated rings. The minimum atomic E-state index is 0.167. The van der Waals surface area contributed by atoms with Crippen molar-refractivity contribution < 1.29 is 9.59 Å². The summed E-state index contributed by atoms with van der Waals surface area (Å²) in [6.45, 7) is 8.19. The average molecular weight is 286 g/mol. The van der Waals surface area contributed by atoms with E-state index in [1.165, 1.54) is 33.3 Å². The Kier molecular flexibility index (Phi) is 15.9. The molecule has 0 N–H and O–H groups in total. The van der Waals surface area contributed by atoms with E-state index in [2.05, 4.69) is 19.1 Å². The van der Waals surface area contributed by atoms with Crippen molar-refractivity contribution in [3.63, 3.8) is 0 Å². The number of ketones is 2. The van der Waals surface area contributed by atoms with Crippen LogP contribution in [0.1, 0.15) is 33.3 Å². The molecule has 0 aliphatic rings. The lowest BCUT2D eigenvalue weighted by Gasteiger charge is -1.82. The van der Waals surface area contributed by atoms with Crippen LogP contribution in [0.25, 0.3) is 0 Å². The third-order valence-electron chi connectivity index (χ3n) is 1.61. The van der Waals surface area contributed by atoms with Gasteiger partial charge in [0.05, 0.1) is 0 Å². The Morgan fingerprint density at radius 1 is 0.571 bits per heavy atom. The highest BCUT2D eigenvalue weighted by molar-refractivity contribution is 5.72. The fourth-order valence-corrected chi connectivity index (χ4v) is 0.919. The van der Waals surface area contributed by atoms with Crippen LogP contribution in [-0.4, -0.2) is 11.6 Å². The first-order chi connectivity index (χ1) is 9.86. The zero-order chi connectivity index (χ0) is 16.5. The first-order valence-electron chi connectivity index (χ1n) is 6.82. The van der Waals surface area contributed by atoms with E-state index < -0.39 is 0 Å². The van der Waals surface area contributed by atoms with Crippen LogP contribution in [-0.2, 0) is 9.59 Å². The van der Waals surface area contributed by atoms with Crippen molar-refractivity contribution in [2.24, 2.45) is 0 Å². The lowest BCUT2D eigenvalue weighted by Crippen LogP contribution is -1.69. The van der Waals surface area contributed by atoms with Crippen LogP contribution in [0.4, 0.5) is 0 Å². The van der Waals surface area contributed by atoms with Gasteiger partial charge in [-0.25, -0.2) is 0 Å². The molecule has 2 nitrogen and oxygen atoms in total. The van der Waals surface area contributed by atoms with Crippen molar-refractivity contribution in [2.45, 2.75) is 34.6 Å². The standard InChI is InChI=1S/C7H8.C6H6.2C3H6O/c1-7-5-3-2-4-6-7;1-2-4-6-5-3-1;2*1-3(2)4/h2-6H,1H3;1-6H;2*1-2H3. The third kappa shape index (κ3) is 31.9.